The minimum absolute atomic E-state index is 0.624. The lowest BCUT2D eigenvalue weighted by Gasteiger charge is -2.14. The largest absolute Gasteiger partial charge is 0.248 e. The maximum absolute atomic E-state index is 5.13. The van der Waals surface area contributed by atoms with Gasteiger partial charge in [-0.25, -0.2) is 19.9 Å². The maximum Gasteiger partial charge on any atom is 0.164 e. The van der Waals surface area contributed by atoms with E-state index in [9.17, 15) is 0 Å². The third-order valence-electron chi connectivity index (χ3n) is 10.7. The molecule has 0 aliphatic heterocycles. The molecule has 0 unspecified atom stereocenters. The van der Waals surface area contributed by atoms with Crippen LogP contribution < -0.4 is 0 Å². The fourth-order valence-electron chi connectivity index (χ4n) is 7.62. The van der Waals surface area contributed by atoms with Crippen LogP contribution in [-0.4, -0.2) is 19.9 Å². The van der Waals surface area contributed by atoms with Crippen molar-refractivity contribution >= 4 is 0 Å². The van der Waals surface area contributed by atoms with Crippen LogP contribution in [0.4, 0.5) is 0 Å². The van der Waals surface area contributed by atoms with E-state index in [1.165, 1.54) is 0 Å². The highest BCUT2D eigenvalue weighted by Gasteiger charge is 2.15. The Morgan fingerprint density at radius 1 is 0.167 bits per heavy atom. The number of benzene rings is 8. The van der Waals surface area contributed by atoms with E-state index in [-0.39, 0.29) is 0 Å². The molecule has 0 N–H and O–H groups in total. The van der Waals surface area contributed by atoms with E-state index in [4.69, 9.17) is 19.9 Å². The predicted octanol–water partition coefficient (Wildman–Crippen LogP) is 14.3. The molecule has 0 fully saturated rings. The van der Waals surface area contributed by atoms with E-state index >= 15 is 0 Å². The molecule has 0 saturated carbocycles. The van der Waals surface area contributed by atoms with Gasteiger partial charge in [0.15, 0.2) is 17.5 Å². The molecular formula is C56H38N4. The zero-order valence-electron chi connectivity index (χ0n) is 32.7. The fraction of sp³-hybridized carbons (Fsp3) is 0. The molecular weight excluding hydrogens is 729 g/mol. The lowest BCUT2D eigenvalue weighted by atomic mass is 9.91. The van der Waals surface area contributed by atoms with Gasteiger partial charge in [-0.2, -0.15) is 0 Å². The summed E-state index contributed by atoms with van der Waals surface area (Å²) in [6.45, 7) is 0. The van der Waals surface area contributed by atoms with Crippen LogP contribution in [0.25, 0.3) is 101 Å². The van der Waals surface area contributed by atoms with Crippen molar-refractivity contribution in [3.63, 3.8) is 0 Å². The van der Waals surface area contributed by atoms with E-state index in [0.717, 1.165) is 83.7 Å². The Kier molecular flexibility index (Phi) is 9.92. The Morgan fingerprint density at radius 2 is 0.433 bits per heavy atom. The molecule has 2 heterocycles. The molecule has 2 aromatic heterocycles. The number of aromatic nitrogens is 4. The van der Waals surface area contributed by atoms with Crippen molar-refractivity contribution in [2.24, 2.45) is 0 Å². The number of pyridine rings is 1. The first-order chi connectivity index (χ1) is 29.7. The van der Waals surface area contributed by atoms with Gasteiger partial charge in [0.1, 0.15) is 0 Å². The number of hydrogen-bond donors (Lipinski definition) is 0. The van der Waals surface area contributed by atoms with Crippen molar-refractivity contribution in [1.29, 1.82) is 0 Å². The summed E-state index contributed by atoms with van der Waals surface area (Å²) in [5.41, 5.74) is 15.8. The summed E-state index contributed by atoms with van der Waals surface area (Å²) in [7, 11) is 0. The molecule has 10 aromatic rings. The zero-order valence-corrected chi connectivity index (χ0v) is 32.7. The first-order valence-electron chi connectivity index (χ1n) is 20.1. The Bertz CT molecular complexity index is 2760. The number of rotatable bonds is 9. The lowest BCUT2D eigenvalue weighted by molar-refractivity contribution is 1.07. The summed E-state index contributed by atoms with van der Waals surface area (Å²) >= 11 is 0. The Hall–Kier alpha value is -8.08. The molecule has 0 atom stereocenters. The molecule has 0 aliphatic carbocycles. The third-order valence-corrected chi connectivity index (χ3v) is 10.7. The standard InChI is InChI=1S/C56H38N4/c1-6-18-39(19-7-1)48-34-49(44-28-16-29-45(32-44)51-37-52(40-20-8-2-9-21-40)57-53(38-51)41-22-10-3-11-23-41)36-50(35-48)46-30-17-31-47(33-46)56-59-54(42-24-12-4-13-25-42)58-55(60-56)43-26-14-5-15-27-43/h1-38H. The lowest BCUT2D eigenvalue weighted by Crippen LogP contribution is -2.00. The minimum atomic E-state index is 0.624. The summed E-state index contributed by atoms with van der Waals surface area (Å²) in [6.07, 6.45) is 0. The summed E-state index contributed by atoms with van der Waals surface area (Å²) in [4.78, 5) is 20.1. The molecule has 60 heavy (non-hydrogen) atoms. The van der Waals surface area contributed by atoms with E-state index in [1.807, 2.05) is 72.8 Å². The van der Waals surface area contributed by atoms with Crippen molar-refractivity contribution in [3.05, 3.63) is 231 Å². The molecule has 282 valence electrons. The quantitative estimate of drug-likeness (QED) is 0.147. The molecule has 4 nitrogen and oxygen atoms in total. The van der Waals surface area contributed by atoms with Crippen LogP contribution in [0.1, 0.15) is 0 Å². The van der Waals surface area contributed by atoms with Crippen LogP contribution in [0.5, 0.6) is 0 Å². The van der Waals surface area contributed by atoms with Gasteiger partial charge in [0.05, 0.1) is 11.4 Å². The van der Waals surface area contributed by atoms with Gasteiger partial charge in [-0.05, 0) is 87.0 Å². The van der Waals surface area contributed by atoms with Gasteiger partial charge in [-0.1, -0.05) is 188 Å². The second kappa shape index (κ2) is 16.4. The van der Waals surface area contributed by atoms with Crippen LogP contribution in [0, 0.1) is 0 Å². The molecule has 0 saturated heterocycles. The van der Waals surface area contributed by atoms with Gasteiger partial charge in [0.25, 0.3) is 0 Å². The Morgan fingerprint density at radius 3 is 0.850 bits per heavy atom. The first kappa shape index (κ1) is 36.3. The SMILES string of the molecule is c1ccc(-c2cc(-c3cccc(-c4cc(-c5ccccc5)nc(-c5ccccc5)c4)c3)cc(-c3cccc(-c4nc(-c5ccccc5)nc(-c5ccccc5)n4)c3)c2)cc1. The van der Waals surface area contributed by atoms with Gasteiger partial charge in [0.2, 0.25) is 0 Å². The third kappa shape index (κ3) is 7.78. The van der Waals surface area contributed by atoms with Gasteiger partial charge >= 0.3 is 0 Å². The molecule has 10 rings (SSSR count). The zero-order chi connectivity index (χ0) is 40.1. The molecule has 4 heteroatoms. The number of nitrogens with zero attached hydrogens (tertiary/aromatic N) is 4. The second-order valence-electron chi connectivity index (χ2n) is 14.7. The highest BCUT2D eigenvalue weighted by Crippen LogP contribution is 2.37. The monoisotopic (exact) mass is 766 g/mol. The highest BCUT2D eigenvalue weighted by atomic mass is 15.0. The van der Waals surface area contributed by atoms with Crippen molar-refractivity contribution in [1.82, 2.24) is 19.9 Å². The summed E-state index contributed by atoms with van der Waals surface area (Å²) in [5.74, 6) is 1.90. The summed E-state index contributed by atoms with van der Waals surface area (Å²) < 4.78 is 0. The minimum Gasteiger partial charge on any atom is -0.248 e. The molecule has 0 bridgehead atoms. The normalized spacial score (nSPS) is 11.0. The molecule has 0 radical (unpaired) electrons. The highest BCUT2D eigenvalue weighted by molar-refractivity contribution is 5.85. The molecule has 0 spiro atoms. The second-order valence-corrected chi connectivity index (χ2v) is 14.7. The molecule has 0 amide bonds. The van der Waals surface area contributed by atoms with Crippen molar-refractivity contribution in [2.45, 2.75) is 0 Å². The Labute approximate surface area is 350 Å². The van der Waals surface area contributed by atoms with E-state index in [2.05, 4.69) is 158 Å². The molecule has 0 aliphatic rings. The fourth-order valence-corrected chi connectivity index (χ4v) is 7.62. The van der Waals surface area contributed by atoms with E-state index in [0.29, 0.717) is 17.5 Å². The average Bonchev–Trinajstić information content (AvgIpc) is 3.35. The van der Waals surface area contributed by atoms with Crippen molar-refractivity contribution in [3.8, 4) is 101 Å². The summed E-state index contributed by atoms with van der Waals surface area (Å²) in [5, 5.41) is 0. The van der Waals surface area contributed by atoms with Gasteiger partial charge in [0, 0.05) is 27.8 Å². The van der Waals surface area contributed by atoms with Gasteiger partial charge in [-0.15, -0.1) is 0 Å². The number of hydrogen-bond acceptors (Lipinski definition) is 4. The van der Waals surface area contributed by atoms with Crippen molar-refractivity contribution in [2.75, 3.05) is 0 Å². The van der Waals surface area contributed by atoms with Crippen molar-refractivity contribution < 1.29 is 0 Å². The van der Waals surface area contributed by atoms with Gasteiger partial charge in [-0.3, -0.25) is 0 Å². The Balaban J connectivity index is 1.09. The summed E-state index contributed by atoms with van der Waals surface area (Å²) in [6, 6.07) is 80.2. The van der Waals surface area contributed by atoms with Crippen LogP contribution in [0.3, 0.4) is 0 Å². The van der Waals surface area contributed by atoms with Crippen LogP contribution in [-0.2, 0) is 0 Å². The van der Waals surface area contributed by atoms with E-state index in [1.54, 1.807) is 0 Å². The van der Waals surface area contributed by atoms with Crippen LogP contribution in [0.2, 0.25) is 0 Å². The topological polar surface area (TPSA) is 51.6 Å². The van der Waals surface area contributed by atoms with E-state index < -0.39 is 0 Å². The van der Waals surface area contributed by atoms with Gasteiger partial charge < -0.3 is 0 Å². The average molecular weight is 767 g/mol. The van der Waals surface area contributed by atoms with Crippen LogP contribution >= 0.6 is 0 Å². The first-order valence-corrected chi connectivity index (χ1v) is 20.1. The predicted molar refractivity (Wildman–Crippen MR) is 247 cm³/mol. The molecule has 8 aromatic carbocycles. The maximum atomic E-state index is 5.13. The smallest absolute Gasteiger partial charge is 0.164 e. The van der Waals surface area contributed by atoms with Crippen LogP contribution in [0.15, 0.2) is 231 Å².